The number of likely N-dealkylation sites (N-methyl/N-ethyl adjacent to an activating group) is 1. The highest BCUT2D eigenvalue weighted by atomic mass is 35.5. The Morgan fingerprint density at radius 1 is 1.53 bits per heavy atom. The van der Waals surface area contributed by atoms with Crippen LogP contribution >= 0.6 is 11.6 Å². The van der Waals surface area contributed by atoms with Gasteiger partial charge < -0.3 is 10.2 Å². The molecule has 6 heteroatoms. The minimum absolute atomic E-state index is 0.0532. The predicted octanol–water partition coefficient (Wildman–Crippen LogP) is 0.712. The Balaban J connectivity index is 1.87. The number of halogens is 1. The maximum atomic E-state index is 12.2. The highest BCUT2D eigenvalue weighted by molar-refractivity contribution is 6.33. The molecule has 2 heterocycles. The van der Waals surface area contributed by atoms with E-state index in [1.54, 1.807) is 24.2 Å². The summed E-state index contributed by atoms with van der Waals surface area (Å²) in [7, 11) is 1.81. The predicted molar refractivity (Wildman–Crippen MR) is 75.5 cm³/mol. The summed E-state index contributed by atoms with van der Waals surface area (Å²) in [6.45, 7) is 5.72. The van der Waals surface area contributed by atoms with E-state index >= 15 is 0 Å². The maximum Gasteiger partial charge on any atom is 0.255 e. The average molecular weight is 283 g/mol. The Hall–Kier alpha value is -1.17. The number of rotatable bonds is 4. The van der Waals surface area contributed by atoms with Crippen LogP contribution in [0.4, 0.5) is 0 Å². The second kappa shape index (κ2) is 6.84. The SMILES string of the molecule is CN(CCN1CCNCC1)C(=O)c1ccncc1Cl. The van der Waals surface area contributed by atoms with Crippen molar-refractivity contribution in [2.75, 3.05) is 46.3 Å². The molecule has 1 fully saturated rings. The fraction of sp³-hybridized carbons (Fsp3) is 0.538. The Morgan fingerprint density at radius 3 is 2.95 bits per heavy atom. The Labute approximate surface area is 118 Å². The number of hydrogen-bond donors (Lipinski definition) is 1. The van der Waals surface area contributed by atoms with E-state index in [0.717, 1.165) is 32.7 Å². The van der Waals surface area contributed by atoms with Crippen LogP contribution in [0.15, 0.2) is 18.5 Å². The third-order valence-corrected chi connectivity index (χ3v) is 3.61. The molecule has 1 aliphatic rings. The van der Waals surface area contributed by atoms with Crippen LogP contribution in [0.3, 0.4) is 0 Å². The highest BCUT2D eigenvalue weighted by Crippen LogP contribution is 2.15. The van der Waals surface area contributed by atoms with Gasteiger partial charge in [0.1, 0.15) is 0 Å². The summed E-state index contributed by atoms with van der Waals surface area (Å²) in [6, 6.07) is 1.66. The van der Waals surface area contributed by atoms with Crippen LogP contribution in [-0.4, -0.2) is 67.0 Å². The van der Waals surface area contributed by atoms with Crippen LogP contribution in [0.2, 0.25) is 5.02 Å². The summed E-state index contributed by atoms with van der Waals surface area (Å²) in [6.07, 6.45) is 3.09. The van der Waals surface area contributed by atoms with Gasteiger partial charge >= 0.3 is 0 Å². The van der Waals surface area contributed by atoms with Gasteiger partial charge in [0, 0.05) is 58.7 Å². The number of carbonyl (C=O) groups excluding carboxylic acids is 1. The molecule has 1 aromatic heterocycles. The van der Waals surface area contributed by atoms with Gasteiger partial charge in [-0.25, -0.2) is 0 Å². The standard InChI is InChI=1S/C13H19ClN4O/c1-17(8-9-18-6-4-15-5-7-18)13(19)11-2-3-16-10-12(11)14/h2-3,10,15H,4-9H2,1H3. The third kappa shape index (κ3) is 3.89. The number of aromatic nitrogens is 1. The van der Waals surface area contributed by atoms with Crippen molar-refractivity contribution >= 4 is 17.5 Å². The zero-order chi connectivity index (χ0) is 13.7. The van der Waals surface area contributed by atoms with Gasteiger partial charge in [0.2, 0.25) is 0 Å². The van der Waals surface area contributed by atoms with Crippen molar-refractivity contribution in [1.82, 2.24) is 20.1 Å². The monoisotopic (exact) mass is 282 g/mol. The molecule has 0 radical (unpaired) electrons. The zero-order valence-corrected chi connectivity index (χ0v) is 11.9. The number of nitrogens with one attached hydrogen (secondary N) is 1. The van der Waals surface area contributed by atoms with Gasteiger partial charge in [-0.05, 0) is 6.07 Å². The molecule has 0 spiro atoms. The lowest BCUT2D eigenvalue weighted by molar-refractivity contribution is 0.0775. The van der Waals surface area contributed by atoms with Crippen molar-refractivity contribution < 1.29 is 4.79 Å². The maximum absolute atomic E-state index is 12.2. The molecule has 2 rings (SSSR count). The normalized spacial score (nSPS) is 16.3. The first-order valence-corrected chi connectivity index (χ1v) is 6.84. The van der Waals surface area contributed by atoms with Crippen LogP contribution in [-0.2, 0) is 0 Å². The summed E-state index contributed by atoms with van der Waals surface area (Å²) in [5.74, 6) is -0.0532. The van der Waals surface area contributed by atoms with E-state index in [-0.39, 0.29) is 5.91 Å². The van der Waals surface area contributed by atoms with Gasteiger partial charge in [-0.3, -0.25) is 14.7 Å². The lowest BCUT2D eigenvalue weighted by atomic mass is 10.2. The molecule has 19 heavy (non-hydrogen) atoms. The third-order valence-electron chi connectivity index (χ3n) is 3.31. The van der Waals surface area contributed by atoms with Gasteiger partial charge in [-0.2, -0.15) is 0 Å². The van der Waals surface area contributed by atoms with Gasteiger partial charge in [-0.15, -0.1) is 0 Å². The fourth-order valence-corrected chi connectivity index (χ4v) is 2.28. The summed E-state index contributed by atoms with van der Waals surface area (Å²) >= 11 is 5.98. The number of hydrogen-bond acceptors (Lipinski definition) is 4. The zero-order valence-electron chi connectivity index (χ0n) is 11.1. The van der Waals surface area contributed by atoms with Crippen molar-refractivity contribution in [3.05, 3.63) is 29.0 Å². The van der Waals surface area contributed by atoms with E-state index in [1.807, 2.05) is 0 Å². The van der Waals surface area contributed by atoms with Crippen molar-refractivity contribution in [3.63, 3.8) is 0 Å². The minimum Gasteiger partial charge on any atom is -0.340 e. The summed E-state index contributed by atoms with van der Waals surface area (Å²) in [5.41, 5.74) is 0.513. The summed E-state index contributed by atoms with van der Waals surface area (Å²) in [5, 5.41) is 3.72. The first-order chi connectivity index (χ1) is 9.18. The summed E-state index contributed by atoms with van der Waals surface area (Å²) < 4.78 is 0. The van der Waals surface area contributed by atoms with E-state index in [4.69, 9.17) is 11.6 Å². The first-order valence-electron chi connectivity index (χ1n) is 6.46. The lowest BCUT2D eigenvalue weighted by Gasteiger charge is -2.29. The van der Waals surface area contributed by atoms with Gasteiger partial charge in [0.25, 0.3) is 5.91 Å². The van der Waals surface area contributed by atoms with Gasteiger partial charge in [-0.1, -0.05) is 11.6 Å². The molecule has 1 amide bonds. The Morgan fingerprint density at radius 2 is 2.26 bits per heavy atom. The Bertz CT molecular complexity index is 434. The number of piperazine rings is 1. The van der Waals surface area contributed by atoms with E-state index in [2.05, 4.69) is 15.2 Å². The van der Waals surface area contributed by atoms with Crippen molar-refractivity contribution in [1.29, 1.82) is 0 Å². The molecule has 0 bridgehead atoms. The van der Waals surface area contributed by atoms with Crippen LogP contribution in [0.1, 0.15) is 10.4 Å². The molecule has 0 saturated carbocycles. The minimum atomic E-state index is -0.0532. The van der Waals surface area contributed by atoms with Gasteiger partial charge in [0.15, 0.2) is 0 Å². The molecule has 0 aromatic carbocycles. The van der Waals surface area contributed by atoms with E-state index in [1.165, 1.54) is 6.20 Å². The largest absolute Gasteiger partial charge is 0.340 e. The van der Waals surface area contributed by atoms with Crippen molar-refractivity contribution in [2.45, 2.75) is 0 Å². The molecule has 5 nitrogen and oxygen atoms in total. The van der Waals surface area contributed by atoms with E-state index in [0.29, 0.717) is 17.1 Å². The topological polar surface area (TPSA) is 48.5 Å². The second-order valence-electron chi connectivity index (χ2n) is 4.67. The van der Waals surface area contributed by atoms with Crippen LogP contribution < -0.4 is 5.32 Å². The molecule has 1 saturated heterocycles. The molecule has 0 atom stereocenters. The Kier molecular flexibility index (Phi) is 5.13. The molecule has 0 unspecified atom stereocenters. The number of carbonyl (C=O) groups is 1. The lowest BCUT2D eigenvalue weighted by Crippen LogP contribution is -2.46. The van der Waals surface area contributed by atoms with E-state index < -0.39 is 0 Å². The number of amides is 1. The number of pyridine rings is 1. The molecular formula is C13H19ClN4O. The summed E-state index contributed by atoms with van der Waals surface area (Å²) in [4.78, 5) is 20.2. The van der Waals surface area contributed by atoms with Crippen LogP contribution in [0.5, 0.6) is 0 Å². The molecule has 1 aromatic rings. The van der Waals surface area contributed by atoms with Crippen molar-refractivity contribution in [2.24, 2.45) is 0 Å². The molecule has 1 N–H and O–H groups in total. The molecule has 104 valence electrons. The van der Waals surface area contributed by atoms with Crippen molar-refractivity contribution in [3.8, 4) is 0 Å². The molecule has 0 aliphatic carbocycles. The van der Waals surface area contributed by atoms with E-state index in [9.17, 15) is 4.79 Å². The van der Waals surface area contributed by atoms with Crippen LogP contribution in [0.25, 0.3) is 0 Å². The first kappa shape index (κ1) is 14.2. The van der Waals surface area contributed by atoms with Crippen LogP contribution in [0, 0.1) is 0 Å². The molecular weight excluding hydrogens is 264 g/mol. The average Bonchev–Trinajstić information content (AvgIpc) is 2.45. The highest BCUT2D eigenvalue weighted by Gasteiger charge is 2.16. The van der Waals surface area contributed by atoms with Gasteiger partial charge in [0.05, 0.1) is 10.6 Å². The second-order valence-corrected chi connectivity index (χ2v) is 5.08. The molecule has 1 aliphatic heterocycles. The smallest absolute Gasteiger partial charge is 0.255 e. The number of nitrogens with zero attached hydrogens (tertiary/aromatic N) is 3. The fourth-order valence-electron chi connectivity index (χ4n) is 2.08. The quantitative estimate of drug-likeness (QED) is 0.884.